The van der Waals surface area contributed by atoms with Gasteiger partial charge in [-0.25, -0.2) is 19.2 Å². The molecule has 11 heteroatoms. The van der Waals surface area contributed by atoms with Gasteiger partial charge in [-0.15, -0.1) is 0 Å². The first-order valence-electron chi connectivity index (χ1n) is 11.4. The number of carbonyl (C=O) groups is 5. The predicted octanol–water partition coefficient (Wildman–Crippen LogP) is 5.30. The molecule has 0 heterocycles. The molecule has 200 valence electrons. The number of carboxylic acid groups (broad SMARTS) is 4. The van der Waals surface area contributed by atoms with Gasteiger partial charge in [-0.3, -0.25) is 4.79 Å². The van der Waals surface area contributed by atoms with E-state index in [1.807, 2.05) is 0 Å². The topological polar surface area (TPSA) is 185 Å². The van der Waals surface area contributed by atoms with Crippen LogP contribution in [0, 0.1) is 0 Å². The number of ketones is 1. The molecule has 0 radical (unpaired) electrons. The van der Waals surface area contributed by atoms with Crippen LogP contribution in [0.25, 0.3) is 0 Å². The van der Waals surface area contributed by atoms with Gasteiger partial charge in [0.2, 0.25) is 0 Å². The summed E-state index contributed by atoms with van der Waals surface area (Å²) in [5, 5.41) is 36.8. The summed E-state index contributed by atoms with van der Waals surface area (Å²) in [6, 6.07) is 19.1. The average molecular weight is 542 g/mol. The molecule has 0 amide bonds. The monoisotopic (exact) mass is 542 g/mol. The molecule has 4 rings (SSSR count). The number of hydrogen-bond donors (Lipinski definition) is 4. The minimum absolute atomic E-state index is 0.102. The molecule has 4 aromatic rings. The Balaban J connectivity index is 1.45. The normalized spacial score (nSPS) is 10.4. The second-order valence-electron chi connectivity index (χ2n) is 8.22. The second kappa shape index (κ2) is 11.2. The number of rotatable bonds is 10. The van der Waals surface area contributed by atoms with Crippen LogP contribution in [0.3, 0.4) is 0 Å². The van der Waals surface area contributed by atoms with Gasteiger partial charge in [0.15, 0.2) is 5.78 Å². The highest BCUT2D eigenvalue weighted by Gasteiger charge is 2.18. The van der Waals surface area contributed by atoms with E-state index in [2.05, 4.69) is 0 Å². The lowest BCUT2D eigenvalue weighted by molar-refractivity contribution is 0.0651. The highest BCUT2D eigenvalue weighted by Crippen LogP contribution is 2.27. The SMILES string of the molecule is O=C(c1ccc(Oc2ccc(C(=O)O)c(C(=O)O)c2)cc1)c1ccc(Oc2ccc(C(=O)O)c(C(=O)O)c2)cc1. The highest BCUT2D eigenvalue weighted by atomic mass is 16.5. The standard InChI is InChI=1S/C29H18O11/c30-25(15-1-5-17(6-2-15)39-19-9-11-21(26(31)32)23(13-19)28(35)36)16-3-7-18(8-4-16)40-20-10-12-22(27(33)34)24(14-20)29(37)38/h1-14H,(H,31,32)(H,33,34)(H,35,36)(H,37,38). The third-order valence-corrected chi connectivity index (χ3v) is 5.61. The molecule has 0 saturated carbocycles. The van der Waals surface area contributed by atoms with E-state index in [1.165, 1.54) is 60.7 Å². The minimum Gasteiger partial charge on any atom is -0.478 e. The summed E-state index contributed by atoms with van der Waals surface area (Å²) in [5.41, 5.74) is -0.961. The molecule has 4 N–H and O–H groups in total. The van der Waals surface area contributed by atoms with Crippen LogP contribution < -0.4 is 9.47 Å². The molecule has 0 atom stereocenters. The van der Waals surface area contributed by atoms with E-state index in [0.29, 0.717) is 11.1 Å². The van der Waals surface area contributed by atoms with Gasteiger partial charge in [-0.2, -0.15) is 0 Å². The van der Waals surface area contributed by atoms with Crippen LogP contribution in [-0.2, 0) is 0 Å². The third kappa shape index (κ3) is 5.94. The molecule has 4 aromatic carbocycles. The van der Waals surface area contributed by atoms with Gasteiger partial charge in [-0.1, -0.05) is 0 Å². The van der Waals surface area contributed by atoms with E-state index < -0.39 is 35.0 Å². The van der Waals surface area contributed by atoms with Crippen LogP contribution in [-0.4, -0.2) is 50.1 Å². The van der Waals surface area contributed by atoms with Crippen LogP contribution in [0.1, 0.15) is 57.4 Å². The lowest BCUT2D eigenvalue weighted by Crippen LogP contribution is -2.08. The smallest absolute Gasteiger partial charge is 0.336 e. The quantitative estimate of drug-likeness (QED) is 0.191. The van der Waals surface area contributed by atoms with E-state index in [1.54, 1.807) is 0 Å². The maximum atomic E-state index is 12.9. The molecule has 0 saturated heterocycles. The van der Waals surface area contributed by atoms with Gasteiger partial charge in [0.1, 0.15) is 23.0 Å². The number of hydrogen-bond acceptors (Lipinski definition) is 7. The first-order valence-corrected chi connectivity index (χ1v) is 11.4. The lowest BCUT2D eigenvalue weighted by Gasteiger charge is -2.10. The van der Waals surface area contributed by atoms with E-state index in [0.717, 1.165) is 24.3 Å². The Bertz CT molecular complexity index is 1530. The van der Waals surface area contributed by atoms with Gasteiger partial charge >= 0.3 is 23.9 Å². The zero-order valence-electron chi connectivity index (χ0n) is 20.2. The number of aromatic carboxylic acids is 4. The first kappa shape index (κ1) is 27.1. The summed E-state index contributed by atoms with van der Waals surface area (Å²) < 4.78 is 11.2. The van der Waals surface area contributed by atoms with Crippen molar-refractivity contribution in [3.8, 4) is 23.0 Å². The summed E-state index contributed by atoms with van der Waals surface area (Å²) in [4.78, 5) is 58.0. The van der Waals surface area contributed by atoms with E-state index in [9.17, 15) is 34.2 Å². The average Bonchev–Trinajstić information content (AvgIpc) is 2.93. The molecule has 0 aromatic heterocycles. The summed E-state index contributed by atoms with van der Waals surface area (Å²) >= 11 is 0. The molecule has 0 fully saturated rings. The van der Waals surface area contributed by atoms with Crippen molar-refractivity contribution in [2.24, 2.45) is 0 Å². The number of benzene rings is 4. The van der Waals surface area contributed by atoms with Crippen LogP contribution >= 0.6 is 0 Å². The van der Waals surface area contributed by atoms with Crippen molar-refractivity contribution >= 4 is 29.7 Å². The van der Waals surface area contributed by atoms with Crippen molar-refractivity contribution in [3.05, 3.63) is 118 Å². The van der Waals surface area contributed by atoms with Crippen molar-refractivity contribution in [1.29, 1.82) is 0 Å². The fourth-order valence-electron chi connectivity index (χ4n) is 3.69. The van der Waals surface area contributed by atoms with Gasteiger partial charge in [-0.05, 0) is 84.9 Å². The zero-order valence-corrected chi connectivity index (χ0v) is 20.2. The van der Waals surface area contributed by atoms with Crippen LogP contribution in [0.15, 0.2) is 84.9 Å². The molecule has 0 unspecified atom stereocenters. The molecule has 11 nitrogen and oxygen atoms in total. The summed E-state index contributed by atoms with van der Waals surface area (Å²) in [6.45, 7) is 0. The van der Waals surface area contributed by atoms with E-state index >= 15 is 0 Å². The zero-order chi connectivity index (χ0) is 29.0. The molecule has 0 bridgehead atoms. The molecule has 0 aliphatic heterocycles. The Morgan fingerprint density at radius 2 is 0.700 bits per heavy atom. The fourth-order valence-corrected chi connectivity index (χ4v) is 3.69. The summed E-state index contributed by atoms with van der Waals surface area (Å²) in [6.07, 6.45) is 0. The fraction of sp³-hybridized carbons (Fsp3) is 0. The van der Waals surface area contributed by atoms with Crippen molar-refractivity contribution in [3.63, 3.8) is 0 Å². The second-order valence-corrected chi connectivity index (χ2v) is 8.22. The Morgan fingerprint density at radius 1 is 0.400 bits per heavy atom. The van der Waals surface area contributed by atoms with Crippen molar-refractivity contribution in [2.75, 3.05) is 0 Å². The molecular formula is C29H18O11. The number of ether oxygens (including phenoxy) is 2. The van der Waals surface area contributed by atoms with Gasteiger partial charge in [0.05, 0.1) is 22.3 Å². The van der Waals surface area contributed by atoms with E-state index in [-0.39, 0.29) is 39.9 Å². The van der Waals surface area contributed by atoms with Gasteiger partial charge in [0, 0.05) is 11.1 Å². The van der Waals surface area contributed by atoms with Crippen molar-refractivity contribution in [2.45, 2.75) is 0 Å². The Morgan fingerprint density at radius 3 is 1.00 bits per heavy atom. The predicted molar refractivity (Wildman–Crippen MR) is 137 cm³/mol. The van der Waals surface area contributed by atoms with Gasteiger partial charge in [0.25, 0.3) is 0 Å². The Labute approximate surface area is 225 Å². The molecule has 0 aliphatic carbocycles. The summed E-state index contributed by atoms with van der Waals surface area (Å²) in [7, 11) is 0. The van der Waals surface area contributed by atoms with Gasteiger partial charge < -0.3 is 29.9 Å². The third-order valence-electron chi connectivity index (χ3n) is 5.61. The Kier molecular flexibility index (Phi) is 7.57. The number of carbonyl (C=O) groups excluding carboxylic acids is 1. The minimum atomic E-state index is -1.42. The molecule has 0 spiro atoms. The van der Waals surface area contributed by atoms with Crippen LogP contribution in [0.4, 0.5) is 0 Å². The first-order chi connectivity index (χ1) is 19.0. The molecule has 0 aliphatic rings. The maximum Gasteiger partial charge on any atom is 0.336 e. The largest absolute Gasteiger partial charge is 0.478 e. The van der Waals surface area contributed by atoms with Crippen molar-refractivity contribution < 1.29 is 53.9 Å². The Hall–Kier alpha value is -5.97. The van der Waals surface area contributed by atoms with Crippen LogP contribution in [0.2, 0.25) is 0 Å². The molecule has 40 heavy (non-hydrogen) atoms. The lowest BCUT2D eigenvalue weighted by atomic mass is 10.0. The highest BCUT2D eigenvalue weighted by molar-refractivity contribution is 6.09. The van der Waals surface area contributed by atoms with Crippen LogP contribution in [0.5, 0.6) is 23.0 Å². The maximum absolute atomic E-state index is 12.9. The number of carboxylic acids is 4. The summed E-state index contributed by atoms with van der Waals surface area (Å²) in [5.74, 6) is -5.14. The molecular weight excluding hydrogens is 524 g/mol. The van der Waals surface area contributed by atoms with Crippen molar-refractivity contribution in [1.82, 2.24) is 0 Å². The van der Waals surface area contributed by atoms with E-state index in [4.69, 9.17) is 19.7 Å².